The number of rotatable bonds is 7. The number of sulfonamides is 1. The van der Waals surface area contributed by atoms with Gasteiger partial charge in [0, 0.05) is 30.7 Å². The normalized spacial score (nSPS) is 14.1. The van der Waals surface area contributed by atoms with E-state index in [0.29, 0.717) is 41.3 Å². The van der Waals surface area contributed by atoms with Crippen molar-refractivity contribution >= 4 is 49.5 Å². The fraction of sp³-hybridized carbons (Fsp3) is 0.200. The number of morpholine rings is 1. The van der Waals surface area contributed by atoms with Gasteiger partial charge in [0.05, 0.1) is 24.3 Å². The van der Waals surface area contributed by atoms with Gasteiger partial charge in [0.1, 0.15) is 16.5 Å². The number of H-pyrrole nitrogens is 1. The summed E-state index contributed by atoms with van der Waals surface area (Å²) in [5.74, 6) is 0.740. The third-order valence-corrected chi connectivity index (χ3v) is 7.44. The van der Waals surface area contributed by atoms with Gasteiger partial charge in [-0.15, -0.1) is 0 Å². The smallest absolute Gasteiger partial charge is 0.259 e. The minimum absolute atomic E-state index is 0.0912. The van der Waals surface area contributed by atoms with Gasteiger partial charge < -0.3 is 25.3 Å². The summed E-state index contributed by atoms with van der Waals surface area (Å²) in [5.41, 5.74) is 1.94. The van der Waals surface area contributed by atoms with E-state index in [2.05, 4.69) is 30.2 Å². The van der Waals surface area contributed by atoms with Gasteiger partial charge in [0.25, 0.3) is 5.56 Å². The standard InChI is InChI=1S/C25H26N6O4S/c1-26-36(33,34)21-5-3-2-4-20(21)29-22-16-17-10-11-27-25(32)23(17)24(30-22)28-18-6-8-19(9-7-18)31-12-14-35-15-13-31/h2-11,16,26H,12-15H2,1H3,(H,27,32)(H2,28,29,30). The van der Waals surface area contributed by atoms with Gasteiger partial charge in [-0.05, 0) is 61.0 Å². The van der Waals surface area contributed by atoms with Crippen LogP contribution in [0, 0.1) is 0 Å². The number of hydrogen-bond acceptors (Lipinski definition) is 8. The maximum Gasteiger partial charge on any atom is 0.259 e. The molecule has 2 aromatic carbocycles. The lowest BCUT2D eigenvalue weighted by atomic mass is 10.2. The fourth-order valence-electron chi connectivity index (χ4n) is 4.13. The third kappa shape index (κ3) is 4.89. The first kappa shape index (κ1) is 23.8. The monoisotopic (exact) mass is 506 g/mol. The molecular formula is C25H26N6O4S. The Morgan fingerprint density at radius 1 is 1.00 bits per heavy atom. The molecule has 10 nitrogen and oxygen atoms in total. The third-order valence-electron chi connectivity index (χ3n) is 5.97. The van der Waals surface area contributed by atoms with Crippen LogP contribution in [-0.2, 0) is 14.8 Å². The topological polar surface area (TPSA) is 128 Å². The highest BCUT2D eigenvalue weighted by atomic mass is 32.2. The number of benzene rings is 2. The second-order valence-corrected chi connectivity index (χ2v) is 10.1. The molecule has 0 unspecified atom stereocenters. The van der Waals surface area contributed by atoms with Gasteiger partial charge in [-0.3, -0.25) is 4.79 Å². The van der Waals surface area contributed by atoms with Crippen molar-refractivity contribution in [2.45, 2.75) is 4.90 Å². The first-order chi connectivity index (χ1) is 17.4. The van der Waals surface area contributed by atoms with Crippen LogP contribution in [0.4, 0.5) is 28.7 Å². The number of nitrogens with zero attached hydrogens (tertiary/aromatic N) is 2. The molecule has 4 N–H and O–H groups in total. The van der Waals surface area contributed by atoms with E-state index >= 15 is 0 Å². The highest BCUT2D eigenvalue weighted by Gasteiger charge is 2.18. The van der Waals surface area contributed by atoms with Crippen molar-refractivity contribution in [1.29, 1.82) is 0 Å². The summed E-state index contributed by atoms with van der Waals surface area (Å²) in [6, 6.07) is 17.9. The molecule has 3 heterocycles. The van der Waals surface area contributed by atoms with Crippen LogP contribution >= 0.6 is 0 Å². The maximum absolute atomic E-state index is 12.7. The molecule has 36 heavy (non-hydrogen) atoms. The number of para-hydroxylation sites is 1. The largest absolute Gasteiger partial charge is 0.378 e. The number of hydrogen-bond donors (Lipinski definition) is 4. The lowest BCUT2D eigenvalue weighted by molar-refractivity contribution is 0.122. The number of aromatic nitrogens is 2. The molecule has 1 saturated heterocycles. The number of anilines is 5. The Bertz CT molecular complexity index is 1550. The van der Waals surface area contributed by atoms with Gasteiger partial charge in [-0.1, -0.05) is 12.1 Å². The van der Waals surface area contributed by atoms with Crippen molar-refractivity contribution in [2.24, 2.45) is 0 Å². The number of aromatic amines is 1. The SMILES string of the molecule is CNS(=O)(=O)c1ccccc1Nc1cc2cc[nH]c(=O)c2c(Nc2ccc(N3CCOCC3)cc2)n1. The molecule has 1 fully saturated rings. The van der Waals surface area contributed by atoms with Crippen molar-refractivity contribution in [3.63, 3.8) is 0 Å². The van der Waals surface area contributed by atoms with E-state index < -0.39 is 10.0 Å². The number of fused-ring (bicyclic) bond motifs is 1. The Balaban J connectivity index is 1.50. The lowest BCUT2D eigenvalue weighted by Crippen LogP contribution is -2.36. The molecule has 2 aromatic heterocycles. The van der Waals surface area contributed by atoms with Crippen molar-refractivity contribution < 1.29 is 13.2 Å². The Hall–Kier alpha value is -3.93. The van der Waals surface area contributed by atoms with Crippen LogP contribution in [0.25, 0.3) is 10.8 Å². The molecule has 0 radical (unpaired) electrons. The summed E-state index contributed by atoms with van der Waals surface area (Å²) in [6.45, 7) is 3.09. The minimum atomic E-state index is -3.69. The molecular weight excluding hydrogens is 480 g/mol. The Labute approximate surface area is 208 Å². The van der Waals surface area contributed by atoms with Gasteiger partial charge in [-0.2, -0.15) is 0 Å². The first-order valence-corrected chi connectivity index (χ1v) is 12.9. The Morgan fingerprint density at radius 3 is 2.50 bits per heavy atom. The van der Waals surface area contributed by atoms with E-state index in [0.717, 1.165) is 24.5 Å². The van der Waals surface area contributed by atoms with Crippen LogP contribution < -0.4 is 25.8 Å². The van der Waals surface area contributed by atoms with Crippen molar-refractivity contribution in [3.8, 4) is 0 Å². The fourth-order valence-corrected chi connectivity index (χ4v) is 5.02. The molecule has 0 amide bonds. The second kappa shape index (κ2) is 9.97. The zero-order valence-electron chi connectivity index (χ0n) is 19.6. The zero-order chi connectivity index (χ0) is 25.1. The van der Waals surface area contributed by atoms with Crippen LogP contribution in [0.1, 0.15) is 0 Å². The van der Waals surface area contributed by atoms with Crippen molar-refractivity contribution in [1.82, 2.24) is 14.7 Å². The summed E-state index contributed by atoms with van der Waals surface area (Å²) in [7, 11) is -2.33. The van der Waals surface area contributed by atoms with Gasteiger partial charge in [0.2, 0.25) is 10.0 Å². The lowest BCUT2D eigenvalue weighted by Gasteiger charge is -2.28. The molecule has 0 saturated carbocycles. The molecule has 1 aliphatic heterocycles. The van der Waals surface area contributed by atoms with E-state index in [4.69, 9.17) is 4.74 Å². The van der Waals surface area contributed by atoms with Crippen LogP contribution in [0.2, 0.25) is 0 Å². The molecule has 186 valence electrons. The quantitative estimate of drug-likeness (QED) is 0.301. The molecule has 0 aliphatic carbocycles. The van der Waals surface area contributed by atoms with Crippen LogP contribution in [0.3, 0.4) is 0 Å². The minimum Gasteiger partial charge on any atom is -0.378 e. The van der Waals surface area contributed by atoms with E-state index in [1.54, 1.807) is 36.5 Å². The van der Waals surface area contributed by atoms with Crippen LogP contribution in [0.15, 0.2) is 76.6 Å². The molecule has 0 bridgehead atoms. The Kier molecular flexibility index (Phi) is 6.59. The molecule has 0 atom stereocenters. The second-order valence-electron chi connectivity index (χ2n) is 8.23. The van der Waals surface area contributed by atoms with E-state index in [-0.39, 0.29) is 10.5 Å². The van der Waals surface area contributed by atoms with E-state index in [9.17, 15) is 13.2 Å². The Morgan fingerprint density at radius 2 is 1.75 bits per heavy atom. The van der Waals surface area contributed by atoms with Gasteiger partial charge in [0.15, 0.2) is 0 Å². The molecule has 5 rings (SSSR count). The van der Waals surface area contributed by atoms with Crippen molar-refractivity contribution in [3.05, 3.63) is 77.2 Å². The van der Waals surface area contributed by atoms with Crippen LogP contribution in [-0.4, -0.2) is 51.7 Å². The maximum atomic E-state index is 12.7. The molecule has 1 aliphatic rings. The first-order valence-electron chi connectivity index (χ1n) is 11.5. The number of nitrogens with one attached hydrogen (secondary N) is 4. The van der Waals surface area contributed by atoms with E-state index in [1.807, 2.05) is 24.3 Å². The van der Waals surface area contributed by atoms with Gasteiger partial charge in [-0.25, -0.2) is 18.1 Å². The predicted octanol–water partition coefficient (Wildman–Crippen LogP) is 3.16. The highest BCUT2D eigenvalue weighted by Crippen LogP contribution is 2.29. The summed E-state index contributed by atoms with van der Waals surface area (Å²) >= 11 is 0. The molecule has 4 aromatic rings. The summed E-state index contributed by atoms with van der Waals surface area (Å²) < 4.78 is 32.7. The number of ether oxygens (including phenoxy) is 1. The zero-order valence-corrected chi connectivity index (χ0v) is 20.4. The summed E-state index contributed by atoms with van der Waals surface area (Å²) in [5, 5.41) is 7.41. The highest BCUT2D eigenvalue weighted by molar-refractivity contribution is 7.89. The molecule has 0 spiro atoms. The number of pyridine rings is 2. The van der Waals surface area contributed by atoms with E-state index in [1.165, 1.54) is 13.1 Å². The summed E-state index contributed by atoms with van der Waals surface area (Å²) in [4.78, 5) is 22.4. The molecule has 11 heteroatoms. The summed E-state index contributed by atoms with van der Waals surface area (Å²) in [6.07, 6.45) is 1.56. The predicted molar refractivity (Wildman–Crippen MR) is 141 cm³/mol. The average Bonchev–Trinajstić information content (AvgIpc) is 2.90. The van der Waals surface area contributed by atoms with Crippen molar-refractivity contribution in [2.75, 3.05) is 48.9 Å². The van der Waals surface area contributed by atoms with Gasteiger partial charge >= 0.3 is 0 Å². The average molecular weight is 507 g/mol. The van der Waals surface area contributed by atoms with Crippen LogP contribution in [0.5, 0.6) is 0 Å².